The van der Waals surface area contributed by atoms with Crippen LogP contribution in [0.15, 0.2) is 0 Å². The Balaban J connectivity index is 0.00000208. The monoisotopic (exact) mass is 1240 g/mol. The molecule has 0 aromatic heterocycles. The molecular weight excluding hydrogens is 1180 g/mol. The summed E-state index contributed by atoms with van der Waals surface area (Å²) in [7, 11) is -29.1. The Labute approximate surface area is 435 Å². The van der Waals surface area contributed by atoms with Gasteiger partial charge in [0.15, 0.2) is 49.6 Å². The summed E-state index contributed by atoms with van der Waals surface area (Å²) in [6.07, 6.45) is -49.1. The van der Waals surface area contributed by atoms with Crippen LogP contribution in [-0.4, -0.2) is 270 Å². The van der Waals surface area contributed by atoms with Gasteiger partial charge in [0.25, 0.3) is 0 Å². The van der Waals surface area contributed by atoms with E-state index in [2.05, 4.69) is 16.7 Å². The number of aliphatic hydroxyl groups excluding tert-OH is 6. The Morgan fingerprint density at radius 3 is 1.42 bits per heavy atom. The zero-order valence-electron chi connectivity index (χ0n) is 39.6. The normalized spacial score (nSPS) is 36.8. The maximum Gasteiger partial charge on any atom is 0.397 e. The van der Waals surface area contributed by atoms with E-state index in [-0.39, 0.29) is 0 Å². The minimum atomic E-state index is -6.09. The molecule has 4 aliphatic heterocycles. The number of carbonyl (C=O) groups excluding carboxylic acids is 1. The minimum Gasteiger partial charge on any atom is -0.479 e. The Hall–Kier alpha value is -2.80. The summed E-state index contributed by atoms with van der Waals surface area (Å²) in [6, 6.07) is -4.96. The molecule has 4 heterocycles. The van der Waals surface area contributed by atoms with Crippen LogP contribution in [0, 0.1) is 5.92 Å². The van der Waals surface area contributed by atoms with Gasteiger partial charge in [-0.2, -0.15) is 46.8 Å². The number of carbonyl (C=O) groups is 3. The van der Waals surface area contributed by atoms with Crippen molar-refractivity contribution in [3.8, 4) is 0 Å². The first-order valence-corrected chi connectivity index (χ1v) is 28.0. The predicted molar refractivity (Wildman–Crippen MR) is 232 cm³/mol. The lowest BCUT2D eigenvalue weighted by atomic mass is 9.94. The quantitative estimate of drug-likeness (QED) is 0.0448. The molecule has 4 rings (SSSR count). The molecule has 0 bridgehead atoms. The SMILES string of the molecule is CC(=O)N[C@@H]1[C@@H](O)[C@H](O[C@@H]2O[C@H](C(=O)O)[C@@H](O[C@@H]3O[C@H](CO)[C@@H](O[C@H]4O[C@@H](C(=O)O)[C@H](O)[C@@H](O)[C@@H]4OS(=O)(=O)O)[C@H](OS(=O)(=O)O)[C@H]3NS(=O)(=O)O)[C@H](O)[C@H]2OS(=O)(=O)O)[C@H](COS(=O)(=O)O)O[C@H]1O.CC(C)C(C)(C)O. The lowest BCUT2D eigenvalue weighted by Gasteiger charge is -2.50. The summed E-state index contributed by atoms with van der Waals surface area (Å²) < 4.78 is 222. The van der Waals surface area contributed by atoms with Crippen molar-refractivity contribution in [2.45, 2.75) is 163 Å². The highest BCUT2D eigenvalue weighted by atomic mass is 32.3. The van der Waals surface area contributed by atoms with Crippen LogP contribution in [0.3, 0.4) is 0 Å². The second-order valence-electron chi connectivity index (χ2n) is 17.4. The molecule has 0 saturated carbocycles. The van der Waals surface area contributed by atoms with Gasteiger partial charge in [-0.1, -0.05) is 13.8 Å². The number of aliphatic hydroxyl groups is 7. The maximum atomic E-state index is 12.7. The highest BCUT2D eigenvalue weighted by Gasteiger charge is 2.60. The molecule has 0 aromatic rings. The molecule has 4 fully saturated rings. The molecule has 0 unspecified atom stereocenters. The molecule has 0 radical (unpaired) electrons. The fraction of sp³-hybridized carbons (Fsp3) is 0.906. The zero-order valence-corrected chi connectivity index (χ0v) is 43.7. The van der Waals surface area contributed by atoms with Gasteiger partial charge >= 0.3 is 63.8 Å². The van der Waals surface area contributed by atoms with E-state index in [0.29, 0.717) is 5.92 Å². The molecule has 0 aliphatic carbocycles. The van der Waals surface area contributed by atoms with Crippen molar-refractivity contribution in [3.05, 3.63) is 0 Å². The van der Waals surface area contributed by atoms with Crippen LogP contribution in [0.5, 0.6) is 0 Å². The number of carboxylic acid groups (broad SMARTS) is 2. The summed E-state index contributed by atoms with van der Waals surface area (Å²) in [5.74, 6) is -5.13. The lowest BCUT2D eigenvalue weighted by molar-refractivity contribution is -0.366. The largest absolute Gasteiger partial charge is 0.479 e. The highest BCUT2D eigenvalue weighted by Crippen LogP contribution is 2.37. The fourth-order valence-electron chi connectivity index (χ4n) is 7.05. The fourth-order valence-corrected chi connectivity index (χ4v) is 9.43. The number of rotatable bonds is 22. The molecule has 4 saturated heterocycles. The van der Waals surface area contributed by atoms with Gasteiger partial charge in [-0.3, -0.25) is 27.6 Å². The molecule has 452 valence electrons. The predicted octanol–water partition coefficient (Wildman–Crippen LogP) is -9.30. The first-order valence-electron chi connectivity index (χ1n) is 21.1. The van der Waals surface area contributed by atoms with E-state index >= 15 is 0 Å². The zero-order chi connectivity index (χ0) is 59.5. The topological polar surface area (TPSA) is 631 Å². The molecule has 16 N–H and O–H groups in total. The smallest absolute Gasteiger partial charge is 0.397 e. The third kappa shape index (κ3) is 20.3. The first kappa shape index (κ1) is 68.5. The molecule has 0 spiro atoms. The Kier molecular flexibility index (Phi) is 23.5. The van der Waals surface area contributed by atoms with Crippen molar-refractivity contribution in [1.82, 2.24) is 10.0 Å². The average molecular weight is 1240 g/mol. The van der Waals surface area contributed by atoms with Gasteiger partial charge in [0.05, 0.1) is 18.8 Å². The van der Waals surface area contributed by atoms with Crippen LogP contribution in [0.2, 0.25) is 0 Å². The molecule has 1 amide bonds. The molecule has 4 aliphatic rings. The number of aliphatic carboxylic acids is 2. The van der Waals surface area contributed by atoms with Crippen molar-refractivity contribution in [2.75, 3.05) is 13.2 Å². The van der Waals surface area contributed by atoms with Crippen molar-refractivity contribution >= 4 is 69.7 Å². The van der Waals surface area contributed by atoms with Crippen LogP contribution in [0.25, 0.3) is 0 Å². The van der Waals surface area contributed by atoms with E-state index in [1.165, 1.54) is 4.72 Å². The van der Waals surface area contributed by atoms with E-state index < -0.39 is 211 Å². The van der Waals surface area contributed by atoms with E-state index in [4.69, 9.17) is 42.8 Å². The van der Waals surface area contributed by atoms with Crippen molar-refractivity contribution in [1.29, 1.82) is 0 Å². The molecule has 20 atom stereocenters. The lowest BCUT2D eigenvalue weighted by Crippen LogP contribution is -2.71. The van der Waals surface area contributed by atoms with E-state index in [1.807, 2.05) is 33.0 Å². The number of hydrogen-bond donors (Lipinski definition) is 16. The number of amides is 1. The van der Waals surface area contributed by atoms with E-state index in [1.54, 1.807) is 0 Å². The van der Waals surface area contributed by atoms with Crippen LogP contribution in [0.4, 0.5) is 0 Å². The maximum absolute atomic E-state index is 12.7. The number of carboxylic acids is 2. The van der Waals surface area contributed by atoms with Crippen molar-refractivity contribution in [2.24, 2.45) is 5.92 Å². The first-order chi connectivity index (χ1) is 34.8. The van der Waals surface area contributed by atoms with E-state index in [0.717, 1.165) is 6.92 Å². The molecule has 45 heteroatoms. The number of hydrogen-bond acceptors (Lipinski definition) is 31. The average Bonchev–Trinajstić information content (AvgIpc) is 3.23. The molecule has 40 nitrogen and oxygen atoms in total. The summed E-state index contributed by atoms with van der Waals surface area (Å²) in [6.45, 7) is 5.39. The number of nitrogens with one attached hydrogen (secondary N) is 2. The van der Waals surface area contributed by atoms with Gasteiger partial charge in [-0.25, -0.2) is 26.3 Å². The van der Waals surface area contributed by atoms with Crippen LogP contribution >= 0.6 is 0 Å². The van der Waals surface area contributed by atoms with Gasteiger partial charge in [-0.15, -0.1) is 0 Å². The third-order valence-electron chi connectivity index (χ3n) is 11.1. The third-order valence-corrected chi connectivity index (χ3v) is 13.5. The van der Waals surface area contributed by atoms with Crippen LogP contribution in [0.1, 0.15) is 34.6 Å². The van der Waals surface area contributed by atoms with Gasteiger partial charge in [0.2, 0.25) is 5.91 Å². The Morgan fingerprint density at radius 2 is 1.00 bits per heavy atom. The summed E-state index contributed by atoms with van der Waals surface area (Å²) in [5.41, 5.74) is -0.500. The standard InChI is InChI=1S/C26H42N2O37S5.C6H14O/c1-4(30)27-7-9(31)13(6(56-23(7)39)3-55-67(43,44)45)58-26-19(65-70(52,53)54)12(34)16(20(62-26)22(37)38)60-24-8(28-66(40,41)42)15(63-68(46,47)48)14(5(2-29)57-24)59-25-18(64-69(49,50)51)11(33)10(32)17(61-25)21(35)36;1-5(2)6(3,4)7/h5-20,23-26,28-29,31-34,39H,2-3H2,1H3,(H,27,30)(H,35,36)(H,37,38)(H,40,41,42)(H,43,44,45)(H,46,47,48)(H,49,50,51)(H,52,53,54);5,7H,1-4H3/t5-,6+,7-,8-,9-,10-,11-,12+,13-,14-,15-,16+,17-,18+,19-,20+,23-,24+,25+,26-;/m1./s1. The van der Waals surface area contributed by atoms with Gasteiger partial charge < -0.3 is 84.4 Å². The highest BCUT2D eigenvalue weighted by molar-refractivity contribution is 7.83. The minimum absolute atomic E-state index is 0.354. The van der Waals surface area contributed by atoms with Crippen molar-refractivity contribution < 1.29 is 175 Å². The summed E-state index contributed by atoms with van der Waals surface area (Å²) in [5, 5.41) is 95.1. The van der Waals surface area contributed by atoms with Gasteiger partial charge in [0.1, 0.15) is 73.1 Å². The summed E-state index contributed by atoms with van der Waals surface area (Å²) >= 11 is 0. The second-order valence-corrected chi connectivity index (χ2v) is 22.8. The van der Waals surface area contributed by atoms with Crippen LogP contribution in [-0.2, 0) is 116 Å². The van der Waals surface area contributed by atoms with E-state index in [9.17, 15) is 116 Å². The van der Waals surface area contributed by atoms with Gasteiger partial charge in [0, 0.05) is 6.92 Å². The van der Waals surface area contributed by atoms with Gasteiger partial charge in [-0.05, 0) is 19.8 Å². The molecule has 77 heavy (non-hydrogen) atoms. The molecule has 0 aromatic carbocycles. The summed E-state index contributed by atoms with van der Waals surface area (Å²) in [4.78, 5) is 36.4. The van der Waals surface area contributed by atoms with Crippen LogP contribution < -0.4 is 10.0 Å². The number of ether oxygens (including phenoxy) is 7. The second kappa shape index (κ2) is 26.4. The van der Waals surface area contributed by atoms with Crippen molar-refractivity contribution in [3.63, 3.8) is 0 Å². The Bertz CT molecular complexity index is 2600. The Morgan fingerprint density at radius 1 is 0.558 bits per heavy atom. The molecular formula is C32H56N2O38S5.